The molecule has 0 radical (unpaired) electrons. The van der Waals surface area contributed by atoms with Gasteiger partial charge in [0.1, 0.15) is 0 Å². The molecule has 0 fully saturated rings. The number of para-hydroxylation sites is 1. The molecule has 0 atom stereocenters. The van der Waals surface area contributed by atoms with E-state index >= 15 is 0 Å². The maximum Gasteiger partial charge on any atom is 0.279 e. The van der Waals surface area contributed by atoms with E-state index in [9.17, 15) is 13.2 Å². The van der Waals surface area contributed by atoms with E-state index in [-0.39, 0.29) is 10.5 Å². The van der Waals surface area contributed by atoms with E-state index in [1.165, 1.54) is 29.5 Å². The molecule has 0 spiro atoms. The average molecular weight is 482 g/mol. The summed E-state index contributed by atoms with van der Waals surface area (Å²) in [5.74, 6) is -0.451. The van der Waals surface area contributed by atoms with E-state index in [1.54, 1.807) is 36.4 Å². The molecule has 9 heteroatoms. The summed E-state index contributed by atoms with van der Waals surface area (Å²) in [4.78, 5) is 18.0. The summed E-state index contributed by atoms with van der Waals surface area (Å²) in [7, 11) is -3.76. The number of aromatic nitrogens is 1. The molecule has 4 aromatic rings. The number of carbonyl (C=O) groups is 1. The molecule has 7 nitrogen and oxygen atoms in total. The second-order valence-corrected chi connectivity index (χ2v) is 9.81. The minimum atomic E-state index is -3.76. The lowest BCUT2D eigenvalue weighted by Crippen LogP contribution is -2.19. The van der Waals surface area contributed by atoms with Crippen molar-refractivity contribution < 1.29 is 17.9 Å². The third-order valence-electron chi connectivity index (χ3n) is 4.86. The lowest BCUT2D eigenvalue weighted by Gasteiger charge is -2.08. The second kappa shape index (κ2) is 10.1. The molecular weight excluding hydrogens is 458 g/mol. The maximum atomic E-state index is 13.0. The highest BCUT2D eigenvalue weighted by Gasteiger charge is 2.15. The number of fused-ring (bicyclic) bond motifs is 1. The molecule has 0 aliphatic rings. The molecule has 0 aliphatic heterocycles. The summed E-state index contributed by atoms with van der Waals surface area (Å²) >= 11 is 1.42. The van der Waals surface area contributed by atoms with Crippen LogP contribution in [0.25, 0.3) is 10.2 Å². The Morgan fingerprint density at radius 3 is 2.58 bits per heavy atom. The first-order valence-electron chi connectivity index (χ1n) is 10.4. The highest BCUT2D eigenvalue weighted by molar-refractivity contribution is 7.92. The molecule has 1 aromatic heterocycles. The number of benzene rings is 3. The summed E-state index contributed by atoms with van der Waals surface area (Å²) in [6, 6.07) is 22.3. The zero-order valence-electron chi connectivity index (χ0n) is 18.0. The van der Waals surface area contributed by atoms with Crippen molar-refractivity contribution in [3.63, 3.8) is 0 Å². The number of hydrogen-bond donors (Lipinski definition) is 1. The van der Waals surface area contributed by atoms with Gasteiger partial charge in [0.05, 0.1) is 21.7 Å². The van der Waals surface area contributed by atoms with Gasteiger partial charge in [-0.25, -0.2) is 8.42 Å². The fourth-order valence-electron chi connectivity index (χ4n) is 3.30. The lowest BCUT2D eigenvalue weighted by atomic mass is 10.2. The number of thiazole rings is 1. The van der Waals surface area contributed by atoms with E-state index in [4.69, 9.17) is 4.74 Å². The van der Waals surface area contributed by atoms with Crippen molar-refractivity contribution in [3.8, 4) is 0 Å². The van der Waals surface area contributed by atoms with Gasteiger partial charge in [0, 0.05) is 24.4 Å². The van der Waals surface area contributed by atoms with Gasteiger partial charge >= 0.3 is 0 Å². The SMILES string of the molecule is CCOCCn1c(=NC(=O)c2cccc(NS(=O)(=O)c3ccccc3)c2)sc2ccccc21. The van der Waals surface area contributed by atoms with Crippen LogP contribution >= 0.6 is 11.3 Å². The van der Waals surface area contributed by atoms with Crippen molar-refractivity contribution >= 4 is 43.2 Å². The summed E-state index contributed by atoms with van der Waals surface area (Å²) in [6.07, 6.45) is 0. The minimum Gasteiger partial charge on any atom is -0.380 e. The van der Waals surface area contributed by atoms with Gasteiger partial charge in [-0.3, -0.25) is 9.52 Å². The maximum absolute atomic E-state index is 13.0. The number of nitrogens with one attached hydrogen (secondary N) is 1. The minimum absolute atomic E-state index is 0.145. The molecule has 1 N–H and O–H groups in total. The van der Waals surface area contributed by atoms with Gasteiger partial charge in [-0.1, -0.05) is 47.7 Å². The first kappa shape index (κ1) is 22.9. The Morgan fingerprint density at radius 2 is 1.79 bits per heavy atom. The molecule has 3 aromatic carbocycles. The van der Waals surface area contributed by atoms with Crippen LogP contribution in [0.15, 0.2) is 88.8 Å². The first-order chi connectivity index (χ1) is 16.0. The second-order valence-electron chi connectivity index (χ2n) is 7.12. The molecule has 1 heterocycles. The third-order valence-corrected chi connectivity index (χ3v) is 7.32. The molecular formula is C24H23N3O4S2. The van der Waals surface area contributed by atoms with Gasteiger partial charge in [0.15, 0.2) is 4.80 Å². The molecule has 0 bridgehead atoms. The molecule has 33 heavy (non-hydrogen) atoms. The predicted molar refractivity (Wildman–Crippen MR) is 130 cm³/mol. The van der Waals surface area contributed by atoms with Gasteiger partial charge in [-0.15, -0.1) is 0 Å². The highest BCUT2D eigenvalue weighted by Crippen LogP contribution is 2.19. The normalized spacial score (nSPS) is 12.2. The Balaban J connectivity index is 1.64. The quantitative estimate of drug-likeness (QED) is 0.380. The number of ether oxygens (including phenoxy) is 1. The number of nitrogens with zero attached hydrogens (tertiary/aromatic N) is 2. The Bertz CT molecular complexity index is 1440. The Kier molecular flexibility index (Phi) is 7.02. The van der Waals surface area contributed by atoms with Crippen LogP contribution in [0.1, 0.15) is 17.3 Å². The average Bonchev–Trinajstić information content (AvgIpc) is 3.17. The van der Waals surface area contributed by atoms with Crippen molar-refractivity contribution in [2.24, 2.45) is 4.99 Å². The third kappa shape index (κ3) is 5.39. The monoisotopic (exact) mass is 481 g/mol. The van der Waals surface area contributed by atoms with E-state index in [1.807, 2.05) is 35.8 Å². The van der Waals surface area contributed by atoms with Crippen molar-refractivity contribution in [1.29, 1.82) is 0 Å². The largest absolute Gasteiger partial charge is 0.380 e. The summed E-state index contributed by atoms with van der Waals surface area (Å²) in [5.41, 5.74) is 1.57. The van der Waals surface area contributed by atoms with Crippen LogP contribution in [0.2, 0.25) is 0 Å². The van der Waals surface area contributed by atoms with Crippen LogP contribution in [0, 0.1) is 0 Å². The number of sulfonamides is 1. The van der Waals surface area contributed by atoms with Crippen LogP contribution in [-0.4, -0.2) is 32.1 Å². The van der Waals surface area contributed by atoms with Gasteiger partial charge < -0.3 is 9.30 Å². The molecule has 1 amide bonds. The highest BCUT2D eigenvalue weighted by atomic mass is 32.2. The van der Waals surface area contributed by atoms with Crippen LogP contribution in [0.5, 0.6) is 0 Å². The van der Waals surface area contributed by atoms with Gasteiger partial charge in [0.25, 0.3) is 15.9 Å². The number of rotatable bonds is 8. The molecule has 0 aliphatic carbocycles. The van der Waals surface area contributed by atoms with Crippen molar-refractivity contribution in [3.05, 3.63) is 89.2 Å². The molecule has 0 unspecified atom stereocenters. The van der Waals surface area contributed by atoms with Crippen molar-refractivity contribution in [2.75, 3.05) is 17.9 Å². The topological polar surface area (TPSA) is 89.8 Å². The van der Waals surface area contributed by atoms with Crippen LogP contribution in [-0.2, 0) is 21.3 Å². The lowest BCUT2D eigenvalue weighted by molar-refractivity contribution is 0.0996. The van der Waals surface area contributed by atoms with Gasteiger partial charge in [-0.2, -0.15) is 4.99 Å². The predicted octanol–water partition coefficient (Wildman–Crippen LogP) is 4.28. The summed E-state index contributed by atoms with van der Waals surface area (Å²) < 4.78 is 36.2. The fraction of sp³-hybridized carbons (Fsp3) is 0.167. The zero-order valence-corrected chi connectivity index (χ0v) is 19.6. The van der Waals surface area contributed by atoms with E-state index in [2.05, 4.69) is 9.71 Å². The molecule has 0 saturated carbocycles. The molecule has 0 saturated heterocycles. The van der Waals surface area contributed by atoms with E-state index < -0.39 is 15.9 Å². The van der Waals surface area contributed by atoms with Crippen LogP contribution < -0.4 is 9.52 Å². The molecule has 4 rings (SSSR count). The standard InChI is InChI=1S/C24H23N3O4S2/c1-2-31-16-15-27-21-13-6-7-14-22(21)32-24(27)25-23(28)18-9-8-10-19(17-18)26-33(29,30)20-11-4-3-5-12-20/h3-14,17,26H,2,15-16H2,1H3. The van der Waals surface area contributed by atoms with Crippen LogP contribution in [0.4, 0.5) is 5.69 Å². The van der Waals surface area contributed by atoms with E-state index in [0.29, 0.717) is 30.2 Å². The van der Waals surface area contributed by atoms with Crippen LogP contribution in [0.3, 0.4) is 0 Å². The summed E-state index contributed by atoms with van der Waals surface area (Å²) in [6.45, 7) is 3.63. The van der Waals surface area contributed by atoms with Crippen molar-refractivity contribution in [2.45, 2.75) is 18.4 Å². The smallest absolute Gasteiger partial charge is 0.279 e. The van der Waals surface area contributed by atoms with Gasteiger partial charge in [0.2, 0.25) is 0 Å². The van der Waals surface area contributed by atoms with Gasteiger partial charge in [-0.05, 0) is 49.4 Å². The Morgan fingerprint density at radius 1 is 1.03 bits per heavy atom. The fourth-order valence-corrected chi connectivity index (χ4v) is 5.43. The Hall–Kier alpha value is -3.27. The number of amides is 1. The van der Waals surface area contributed by atoms with E-state index in [0.717, 1.165) is 10.2 Å². The number of carbonyl (C=O) groups excluding carboxylic acids is 1. The van der Waals surface area contributed by atoms with Crippen molar-refractivity contribution in [1.82, 2.24) is 4.57 Å². The number of anilines is 1. The molecule has 170 valence electrons. The summed E-state index contributed by atoms with van der Waals surface area (Å²) in [5, 5.41) is 0. The first-order valence-corrected chi connectivity index (χ1v) is 12.7. The Labute approximate surface area is 196 Å². The number of hydrogen-bond acceptors (Lipinski definition) is 5. The zero-order chi connectivity index (χ0) is 23.3.